The Labute approximate surface area is 106 Å². The van der Waals surface area contributed by atoms with E-state index >= 15 is 0 Å². The fourth-order valence-corrected chi connectivity index (χ4v) is 2.42. The van der Waals surface area contributed by atoms with Gasteiger partial charge < -0.3 is 25.9 Å². The fraction of sp³-hybridized carbons (Fsp3) is 0.600. The minimum atomic E-state index is -1.73. The summed E-state index contributed by atoms with van der Waals surface area (Å²) in [6, 6.07) is 0. The van der Waals surface area contributed by atoms with Crippen molar-refractivity contribution in [3.8, 4) is 0 Å². The molecule has 0 aromatic heterocycles. The van der Waals surface area contributed by atoms with Crippen molar-refractivity contribution in [1.29, 1.82) is 0 Å². The van der Waals surface area contributed by atoms with E-state index in [1.807, 2.05) is 0 Å². The van der Waals surface area contributed by atoms with E-state index in [0.29, 0.717) is 0 Å². The first-order chi connectivity index (χ1) is 8.27. The lowest BCUT2D eigenvalue weighted by Gasteiger charge is -2.34. The number of carboxylic acids is 4. The zero-order valence-corrected chi connectivity index (χ0v) is 9.65. The molecular weight excluding hydrogens is 264 g/mol. The van der Waals surface area contributed by atoms with E-state index in [9.17, 15) is 19.2 Å². The van der Waals surface area contributed by atoms with E-state index < -0.39 is 47.5 Å². The molecule has 4 unspecified atom stereocenters. The fourth-order valence-electron chi connectivity index (χ4n) is 2.42. The molecule has 1 saturated carbocycles. The maximum absolute atomic E-state index is 11.0. The van der Waals surface area contributed by atoms with Crippen LogP contribution >= 0.6 is 0 Å². The minimum absolute atomic E-state index is 0. The van der Waals surface area contributed by atoms with Gasteiger partial charge in [0.2, 0.25) is 0 Å². The number of carbonyl (C=O) groups is 4. The summed E-state index contributed by atoms with van der Waals surface area (Å²) in [7, 11) is 0. The van der Waals surface area contributed by atoms with Crippen LogP contribution in [0.4, 0.5) is 0 Å². The lowest BCUT2D eigenvalue weighted by molar-refractivity contribution is -0.172. The number of hydrogen-bond acceptors (Lipinski definition) is 4. The summed E-state index contributed by atoms with van der Waals surface area (Å²) < 4.78 is 0. The lowest BCUT2D eigenvalue weighted by atomic mass is 9.66. The molecule has 0 radical (unpaired) electrons. The van der Waals surface area contributed by atoms with Gasteiger partial charge in [-0.3, -0.25) is 19.2 Å². The van der Waals surface area contributed by atoms with Gasteiger partial charge in [-0.25, -0.2) is 0 Å². The van der Waals surface area contributed by atoms with Gasteiger partial charge in [0, 0.05) is 0 Å². The van der Waals surface area contributed by atoms with Gasteiger partial charge in [-0.05, 0) is 12.8 Å². The third kappa shape index (κ3) is 3.19. The summed E-state index contributed by atoms with van der Waals surface area (Å²) in [6.07, 6.45) is -0.319. The molecule has 0 aromatic carbocycles. The Bertz CT molecular complexity index is 364. The number of rotatable bonds is 4. The summed E-state index contributed by atoms with van der Waals surface area (Å²) in [6.45, 7) is 0. The Balaban J connectivity index is 0.00000324. The molecule has 1 fully saturated rings. The standard InChI is InChI=1S/C10H12O8.H2O/c11-7(12)3-1-2-4(8(13)14)6(10(17)18)5(3)9(15)16;/h3-6H,1-2H2,(H,11,12)(H,13,14)(H,15,16)(H,17,18);1H2. The van der Waals surface area contributed by atoms with Gasteiger partial charge in [0.1, 0.15) is 0 Å². The molecule has 0 spiro atoms. The molecule has 1 rings (SSSR count). The second-order valence-electron chi connectivity index (χ2n) is 4.19. The first-order valence-corrected chi connectivity index (χ1v) is 5.18. The van der Waals surface area contributed by atoms with Gasteiger partial charge in [-0.2, -0.15) is 0 Å². The molecule has 0 aliphatic heterocycles. The average molecular weight is 278 g/mol. The van der Waals surface area contributed by atoms with Crippen molar-refractivity contribution >= 4 is 23.9 Å². The van der Waals surface area contributed by atoms with E-state index in [1.165, 1.54) is 0 Å². The van der Waals surface area contributed by atoms with Crippen LogP contribution in [0.15, 0.2) is 0 Å². The average Bonchev–Trinajstić information content (AvgIpc) is 2.26. The second-order valence-corrected chi connectivity index (χ2v) is 4.19. The van der Waals surface area contributed by atoms with Crippen LogP contribution in [0.1, 0.15) is 12.8 Å². The van der Waals surface area contributed by atoms with Crippen molar-refractivity contribution in [3.63, 3.8) is 0 Å². The van der Waals surface area contributed by atoms with Crippen molar-refractivity contribution in [2.45, 2.75) is 12.8 Å². The van der Waals surface area contributed by atoms with Crippen LogP contribution in [0, 0.1) is 23.7 Å². The summed E-state index contributed by atoms with van der Waals surface area (Å²) in [4.78, 5) is 43.9. The molecule has 108 valence electrons. The summed E-state index contributed by atoms with van der Waals surface area (Å²) in [5.41, 5.74) is 0. The van der Waals surface area contributed by atoms with Crippen LogP contribution in [0.5, 0.6) is 0 Å². The highest BCUT2D eigenvalue weighted by Crippen LogP contribution is 2.39. The van der Waals surface area contributed by atoms with E-state index in [0.717, 1.165) is 0 Å². The molecule has 9 nitrogen and oxygen atoms in total. The predicted molar refractivity (Wildman–Crippen MR) is 57.4 cm³/mol. The Hall–Kier alpha value is -2.16. The van der Waals surface area contributed by atoms with Gasteiger partial charge >= 0.3 is 23.9 Å². The third-order valence-corrected chi connectivity index (χ3v) is 3.25. The van der Waals surface area contributed by atoms with Crippen LogP contribution < -0.4 is 0 Å². The number of carboxylic acid groups (broad SMARTS) is 4. The van der Waals surface area contributed by atoms with Crippen molar-refractivity contribution in [1.82, 2.24) is 0 Å². The maximum atomic E-state index is 11.0. The van der Waals surface area contributed by atoms with E-state index in [4.69, 9.17) is 20.4 Å². The molecule has 9 heteroatoms. The van der Waals surface area contributed by atoms with E-state index in [-0.39, 0.29) is 18.3 Å². The molecule has 19 heavy (non-hydrogen) atoms. The monoisotopic (exact) mass is 278 g/mol. The molecule has 4 atom stereocenters. The molecule has 1 aliphatic carbocycles. The van der Waals surface area contributed by atoms with Crippen molar-refractivity contribution < 1.29 is 45.1 Å². The Morgan fingerprint density at radius 2 is 0.895 bits per heavy atom. The molecule has 0 heterocycles. The topological polar surface area (TPSA) is 181 Å². The van der Waals surface area contributed by atoms with Gasteiger partial charge in [-0.1, -0.05) is 0 Å². The quantitative estimate of drug-likeness (QED) is 0.492. The molecule has 1 aliphatic rings. The largest absolute Gasteiger partial charge is 0.481 e. The van der Waals surface area contributed by atoms with Gasteiger partial charge in [0.05, 0.1) is 23.7 Å². The normalized spacial score (nSPS) is 29.9. The Kier molecular flexibility index (Phi) is 5.44. The zero-order chi connectivity index (χ0) is 14.0. The third-order valence-electron chi connectivity index (χ3n) is 3.25. The van der Waals surface area contributed by atoms with Crippen molar-refractivity contribution in [2.75, 3.05) is 0 Å². The molecule has 6 N–H and O–H groups in total. The highest BCUT2D eigenvalue weighted by molar-refractivity contribution is 5.89. The molecule has 0 saturated heterocycles. The summed E-state index contributed by atoms with van der Waals surface area (Å²) in [5, 5.41) is 35.7. The smallest absolute Gasteiger partial charge is 0.308 e. The first kappa shape index (κ1) is 16.8. The highest BCUT2D eigenvalue weighted by atomic mass is 16.4. The molecule has 0 amide bonds. The summed E-state index contributed by atoms with van der Waals surface area (Å²) >= 11 is 0. The van der Waals surface area contributed by atoms with Crippen molar-refractivity contribution in [3.05, 3.63) is 0 Å². The van der Waals surface area contributed by atoms with Gasteiger partial charge in [0.25, 0.3) is 0 Å². The summed E-state index contributed by atoms with van der Waals surface area (Å²) in [5.74, 6) is -12.2. The lowest BCUT2D eigenvalue weighted by Crippen LogP contribution is -2.48. The molecule has 0 aromatic rings. The van der Waals surface area contributed by atoms with Gasteiger partial charge in [-0.15, -0.1) is 0 Å². The second kappa shape index (κ2) is 6.14. The maximum Gasteiger partial charge on any atom is 0.308 e. The van der Waals surface area contributed by atoms with Crippen LogP contribution in [-0.2, 0) is 19.2 Å². The minimum Gasteiger partial charge on any atom is -0.481 e. The molecule has 0 bridgehead atoms. The van der Waals surface area contributed by atoms with Crippen LogP contribution in [0.25, 0.3) is 0 Å². The van der Waals surface area contributed by atoms with E-state index in [1.54, 1.807) is 0 Å². The Morgan fingerprint density at radius 1 is 0.632 bits per heavy atom. The van der Waals surface area contributed by atoms with E-state index in [2.05, 4.69) is 0 Å². The van der Waals surface area contributed by atoms with Crippen LogP contribution in [0.2, 0.25) is 0 Å². The van der Waals surface area contributed by atoms with Crippen LogP contribution in [0.3, 0.4) is 0 Å². The first-order valence-electron chi connectivity index (χ1n) is 5.18. The number of hydrogen-bond donors (Lipinski definition) is 4. The highest BCUT2D eigenvalue weighted by Gasteiger charge is 2.52. The SMILES string of the molecule is O.O=C(O)C1CCC(C(=O)O)C(C(=O)O)C1C(=O)O. The van der Waals surface area contributed by atoms with Crippen molar-refractivity contribution in [2.24, 2.45) is 23.7 Å². The van der Waals surface area contributed by atoms with Gasteiger partial charge in [0.15, 0.2) is 0 Å². The van der Waals surface area contributed by atoms with Crippen LogP contribution in [-0.4, -0.2) is 49.8 Å². The number of aliphatic carboxylic acids is 4. The zero-order valence-electron chi connectivity index (χ0n) is 9.65. The molecular formula is C10H14O9. The Morgan fingerprint density at radius 3 is 1.05 bits per heavy atom. The predicted octanol–water partition coefficient (Wildman–Crippen LogP) is -1.24.